The van der Waals surface area contributed by atoms with Crippen LogP contribution in [0.4, 0.5) is 0 Å². The SMILES string of the molecule is CCOC(=O)/C=C/c1cc(C(=O)OCC)c2ccccn12. The van der Waals surface area contributed by atoms with Crippen LogP contribution in [0.1, 0.15) is 29.9 Å². The Kier molecular flexibility index (Phi) is 4.77. The molecule has 5 nitrogen and oxygen atoms in total. The molecule has 0 amide bonds. The Morgan fingerprint density at radius 3 is 2.67 bits per heavy atom. The summed E-state index contributed by atoms with van der Waals surface area (Å²) in [6.45, 7) is 4.15. The van der Waals surface area contributed by atoms with E-state index in [1.807, 2.05) is 28.8 Å². The van der Waals surface area contributed by atoms with Crippen molar-refractivity contribution in [2.75, 3.05) is 13.2 Å². The van der Waals surface area contributed by atoms with Crippen molar-refractivity contribution in [3.63, 3.8) is 0 Å². The number of ether oxygens (including phenoxy) is 2. The molecule has 5 heteroatoms. The Morgan fingerprint density at radius 1 is 1.19 bits per heavy atom. The van der Waals surface area contributed by atoms with Crippen LogP contribution < -0.4 is 0 Å². The fourth-order valence-corrected chi connectivity index (χ4v) is 2.02. The van der Waals surface area contributed by atoms with E-state index in [4.69, 9.17) is 9.47 Å². The minimum atomic E-state index is -0.416. The highest BCUT2D eigenvalue weighted by atomic mass is 16.5. The van der Waals surface area contributed by atoms with E-state index in [-0.39, 0.29) is 5.97 Å². The number of rotatable bonds is 5. The van der Waals surface area contributed by atoms with Crippen molar-refractivity contribution in [1.29, 1.82) is 0 Å². The summed E-state index contributed by atoms with van der Waals surface area (Å²) in [5.41, 5.74) is 1.92. The fraction of sp³-hybridized carbons (Fsp3) is 0.250. The quantitative estimate of drug-likeness (QED) is 0.626. The van der Waals surface area contributed by atoms with Gasteiger partial charge >= 0.3 is 11.9 Å². The van der Waals surface area contributed by atoms with E-state index >= 15 is 0 Å². The van der Waals surface area contributed by atoms with Gasteiger partial charge in [0.05, 0.1) is 24.3 Å². The zero-order valence-electron chi connectivity index (χ0n) is 12.0. The number of carbonyl (C=O) groups is 2. The molecular weight excluding hydrogens is 270 g/mol. The van der Waals surface area contributed by atoms with Crippen LogP contribution in [0.25, 0.3) is 11.6 Å². The fourth-order valence-electron chi connectivity index (χ4n) is 2.02. The summed E-state index contributed by atoms with van der Waals surface area (Å²) in [5.74, 6) is -0.793. The molecule has 21 heavy (non-hydrogen) atoms. The summed E-state index contributed by atoms with van der Waals surface area (Å²) in [4.78, 5) is 23.3. The number of esters is 2. The Balaban J connectivity index is 2.40. The third-order valence-corrected chi connectivity index (χ3v) is 2.88. The Hall–Kier alpha value is -2.56. The first-order valence-electron chi connectivity index (χ1n) is 6.79. The molecule has 0 aliphatic heterocycles. The first-order valence-corrected chi connectivity index (χ1v) is 6.79. The van der Waals surface area contributed by atoms with E-state index in [2.05, 4.69) is 0 Å². The lowest BCUT2D eigenvalue weighted by Gasteiger charge is -2.00. The van der Waals surface area contributed by atoms with Crippen LogP contribution in [0.5, 0.6) is 0 Å². The summed E-state index contributed by atoms with van der Waals surface area (Å²) in [6.07, 6.45) is 4.78. The molecule has 2 heterocycles. The summed E-state index contributed by atoms with van der Waals surface area (Å²) in [5, 5.41) is 0. The standard InChI is InChI=1S/C16H17NO4/c1-3-20-15(18)9-8-12-11-13(16(19)21-4-2)14-7-5-6-10-17(12)14/h5-11H,3-4H2,1-2H3/b9-8+. The van der Waals surface area contributed by atoms with Crippen LogP contribution in [-0.4, -0.2) is 29.6 Å². The minimum absolute atomic E-state index is 0.316. The Bertz CT molecular complexity index is 685. The lowest BCUT2D eigenvalue weighted by atomic mass is 10.2. The maximum absolute atomic E-state index is 12.0. The molecule has 0 unspecified atom stereocenters. The van der Waals surface area contributed by atoms with Gasteiger partial charge in [-0.1, -0.05) is 6.07 Å². The second kappa shape index (κ2) is 6.74. The molecule has 0 aromatic carbocycles. The molecule has 0 N–H and O–H groups in total. The molecule has 0 spiro atoms. The van der Waals surface area contributed by atoms with Crippen molar-refractivity contribution < 1.29 is 19.1 Å². The van der Waals surface area contributed by atoms with Gasteiger partial charge in [0.15, 0.2) is 0 Å². The van der Waals surface area contributed by atoms with Crippen molar-refractivity contribution in [2.24, 2.45) is 0 Å². The first kappa shape index (κ1) is 14.8. The van der Waals surface area contributed by atoms with E-state index in [1.54, 1.807) is 26.0 Å². The molecule has 0 saturated carbocycles. The topological polar surface area (TPSA) is 57.0 Å². The Morgan fingerprint density at radius 2 is 1.95 bits per heavy atom. The number of hydrogen-bond donors (Lipinski definition) is 0. The molecule has 0 atom stereocenters. The highest BCUT2D eigenvalue weighted by Gasteiger charge is 2.15. The number of nitrogens with zero attached hydrogens (tertiary/aromatic N) is 1. The lowest BCUT2D eigenvalue weighted by Crippen LogP contribution is -2.03. The van der Waals surface area contributed by atoms with Crippen LogP contribution in [-0.2, 0) is 14.3 Å². The normalized spacial score (nSPS) is 11.0. The maximum atomic E-state index is 12.0. The first-order chi connectivity index (χ1) is 10.2. The second-order valence-corrected chi connectivity index (χ2v) is 4.24. The van der Waals surface area contributed by atoms with Crippen molar-refractivity contribution >= 4 is 23.5 Å². The number of aromatic nitrogens is 1. The van der Waals surface area contributed by atoms with Crippen LogP contribution >= 0.6 is 0 Å². The molecule has 0 aliphatic rings. The van der Waals surface area contributed by atoms with E-state index < -0.39 is 5.97 Å². The summed E-state index contributed by atoms with van der Waals surface area (Å²) < 4.78 is 11.7. The van der Waals surface area contributed by atoms with Gasteiger partial charge in [0, 0.05) is 18.0 Å². The molecule has 2 rings (SSSR count). The van der Waals surface area contributed by atoms with Crippen molar-refractivity contribution in [3.8, 4) is 0 Å². The molecule has 0 saturated heterocycles. The molecule has 0 aliphatic carbocycles. The van der Waals surface area contributed by atoms with Gasteiger partial charge in [0.1, 0.15) is 0 Å². The zero-order valence-corrected chi connectivity index (χ0v) is 12.0. The predicted octanol–water partition coefficient (Wildman–Crippen LogP) is 2.69. The van der Waals surface area contributed by atoms with E-state index in [1.165, 1.54) is 6.08 Å². The van der Waals surface area contributed by atoms with Gasteiger partial charge in [-0.15, -0.1) is 0 Å². The van der Waals surface area contributed by atoms with Gasteiger partial charge in [-0.25, -0.2) is 9.59 Å². The van der Waals surface area contributed by atoms with Gasteiger partial charge in [-0.2, -0.15) is 0 Å². The van der Waals surface area contributed by atoms with Gasteiger partial charge in [-0.3, -0.25) is 0 Å². The third kappa shape index (κ3) is 3.31. The molecule has 0 radical (unpaired) electrons. The van der Waals surface area contributed by atoms with Gasteiger partial charge in [-0.05, 0) is 38.1 Å². The minimum Gasteiger partial charge on any atom is -0.463 e. The van der Waals surface area contributed by atoms with E-state index in [9.17, 15) is 9.59 Å². The third-order valence-electron chi connectivity index (χ3n) is 2.88. The molecule has 110 valence electrons. The molecular formula is C16H17NO4. The average Bonchev–Trinajstić information content (AvgIpc) is 2.85. The number of hydrogen-bond acceptors (Lipinski definition) is 4. The summed E-state index contributed by atoms with van der Waals surface area (Å²) in [6, 6.07) is 7.22. The summed E-state index contributed by atoms with van der Waals surface area (Å²) in [7, 11) is 0. The largest absolute Gasteiger partial charge is 0.463 e. The summed E-state index contributed by atoms with van der Waals surface area (Å²) >= 11 is 0. The highest BCUT2D eigenvalue weighted by Crippen LogP contribution is 2.19. The van der Waals surface area contributed by atoms with Crippen LogP contribution in [0.15, 0.2) is 36.5 Å². The average molecular weight is 287 g/mol. The van der Waals surface area contributed by atoms with Gasteiger partial charge in [0.2, 0.25) is 0 Å². The van der Waals surface area contributed by atoms with Crippen molar-refractivity contribution in [3.05, 3.63) is 47.8 Å². The maximum Gasteiger partial charge on any atom is 0.340 e. The van der Waals surface area contributed by atoms with Crippen molar-refractivity contribution in [1.82, 2.24) is 4.40 Å². The molecule has 2 aromatic rings. The zero-order chi connectivity index (χ0) is 15.2. The van der Waals surface area contributed by atoms with Crippen LogP contribution in [0, 0.1) is 0 Å². The number of carbonyl (C=O) groups excluding carboxylic acids is 2. The predicted molar refractivity (Wildman–Crippen MR) is 79.0 cm³/mol. The highest BCUT2D eigenvalue weighted by molar-refractivity contribution is 5.99. The van der Waals surface area contributed by atoms with E-state index in [0.29, 0.717) is 24.5 Å². The number of pyridine rings is 1. The van der Waals surface area contributed by atoms with Gasteiger partial charge in [0.25, 0.3) is 0 Å². The second-order valence-electron chi connectivity index (χ2n) is 4.24. The number of fused-ring (bicyclic) bond motifs is 1. The van der Waals surface area contributed by atoms with Crippen LogP contribution in [0.3, 0.4) is 0 Å². The molecule has 2 aromatic heterocycles. The van der Waals surface area contributed by atoms with E-state index in [0.717, 1.165) is 5.52 Å². The smallest absolute Gasteiger partial charge is 0.340 e. The van der Waals surface area contributed by atoms with Gasteiger partial charge < -0.3 is 13.9 Å². The molecule has 0 fully saturated rings. The molecule has 0 bridgehead atoms. The van der Waals surface area contributed by atoms with Crippen LogP contribution in [0.2, 0.25) is 0 Å². The lowest BCUT2D eigenvalue weighted by molar-refractivity contribution is -0.137. The van der Waals surface area contributed by atoms with Crippen molar-refractivity contribution in [2.45, 2.75) is 13.8 Å². The Labute approximate surface area is 122 Å². The monoisotopic (exact) mass is 287 g/mol.